The summed E-state index contributed by atoms with van der Waals surface area (Å²) in [7, 11) is 0. The van der Waals surface area contributed by atoms with Crippen molar-refractivity contribution in [2.24, 2.45) is 0 Å². The maximum atomic E-state index is 12.7. The van der Waals surface area contributed by atoms with Gasteiger partial charge in [0.25, 0.3) is 5.56 Å². The number of nitrogens with one attached hydrogen (secondary N) is 1. The molecule has 1 amide bonds. The third-order valence-electron chi connectivity index (χ3n) is 4.87. The van der Waals surface area contributed by atoms with Crippen LogP contribution in [0.3, 0.4) is 0 Å². The number of carbonyl (C=O) groups is 2. The quantitative estimate of drug-likeness (QED) is 0.410. The molecule has 0 saturated carbocycles. The zero-order chi connectivity index (χ0) is 24.1. The first kappa shape index (κ1) is 22.5. The zero-order valence-electron chi connectivity index (χ0n) is 18.2. The smallest absolute Gasteiger partial charge is 0.357 e. The molecule has 9 nitrogen and oxygen atoms in total. The van der Waals surface area contributed by atoms with Crippen LogP contribution in [0.4, 0.5) is 5.69 Å². The van der Waals surface area contributed by atoms with Crippen molar-refractivity contribution in [2.75, 3.05) is 11.9 Å². The van der Waals surface area contributed by atoms with Gasteiger partial charge in [-0.2, -0.15) is 5.10 Å². The Balaban J connectivity index is 1.44. The van der Waals surface area contributed by atoms with Gasteiger partial charge in [-0.25, -0.2) is 9.48 Å². The fourth-order valence-corrected chi connectivity index (χ4v) is 3.35. The fraction of sp³-hybridized carbons (Fsp3) is 0.120. The predicted octanol–water partition coefficient (Wildman–Crippen LogP) is 3.92. The third-order valence-corrected chi connectivity index (χ3v) is 4.87. The molecular formula is C25H21N3O6. The van der Waals surface area contributed by atoms with Gasteiger partial charge in [0.1, 0.15) is 23.8 Å². The standard InChI is InChI=1S/C25H21N3O6/c1-2-33-17-11-13-19(14-12-17)34-18-9-7-16(8-10-18)26-22(29)15-28-24(30)21-6-4-3-5-20(21)23(27-28)25(31)32/h3-14H,2,15H2,1H3,(H,26,29)(H,31,32). The molecule has 0 spiro atoms. The molecule has 0 radical (unpaired) electrons. The monoisotopic (exact) mass is 459 g/mol. The minimum Gasteiger partial charge on any atom is -0.494 e. The highest BCUT2D eigenvalue weighted by molar-refractivity contribution is 6.01. The summed E-state index contributed by atoms with van der Waals surface area (Å²) in [6.45, 7) is 2.06. The fourth-order valence-electron chi connectivity index (χ4n) is 3.35. The maximum Gasteiger partial charge on any atom is 0.357 e. The predicted molar refractivity (Wildman–Crippen MR) is 126 cm³/mol. The highest BCUT2D eigenvalue weighted by Gasteiger charge is 2.17. The molecule has 0 aliphatic rings. The first-order valence-electron chi connectivity index (χ1n) is 10.5. The Morgan fingerprint density at radius 1 is 0.912 bits per heavy atom. The number of carbonyl (C=O) groups excluding carboxylic acids is 1. The number of aromatic nitrogens is 2. The number of aromatic carboxylic acids is 1. The second-order valence-corrected chi connectivity index (χ2v) is 7.24. The third kappa shape index (κ3) is 5.04. The van der Waals surface area contributed by atoms with E-state index < -0.39 is 24.0 Å². The van der Waals surface area contributed by atoms with E-state index in [9.17, 15) is 19.5 Å². The highest BCUT2D eigenvalue weighted by Crippen LogP contribution is 2.25. The average Bonchev–Trinajstić information content (AvgIpc) is 2.83. The summed E-state index contributed by atoms with van der Waals surface area (Å²) in [6.07, 6.45) is 0. The maximum absolute atomic E-state index is 12.7. The Labute approximate surface area is 194 Å². The molecule has 172 valence electrons. The van der Waals surface area contributed by atoms with E-state index in [1.54, 1.807) is 48.5 Å². The Morgan fingerprint density at radius 3 is 2.12 bits per heavy atom. The summed E-state index contributed by atoms with van der Waals surface area (Å²) in [5.74, 6) is 0.148. The number of hydrogen-bond acceptors (Lipinski definition) is 6. The normalized spacial score (nSPS) is 10.6. The minimum atomic E-state index is -1.28. The molecule has 0 bridgehead atoms. The molecule has 9 heteroatoms. The number of ether oxygens (including phenoxy) is 2. The number of anilines is 1. The van der Waals surface area contributed by atoms with E-state index in [4.69, 9.17) is 9.47 Å². The van der Waals surface area contributed by atoms with E-state index in [0.717, 1.165) is 10.4 Å². The average molecular weight is 459 g/mol. The van der Waals surface area contributed by atoms with Crippen LogP contribution >= 0.6 is 0 Å². The van der Waals surface area contributed by atoms with Crippen molar-refractivity contribution in [2.45, 2.75) is 13.5 Å². The van der Waals surface area contributed by atoms with Crippen molar-refractivity contribution in [3.05, 3.63) is 88.8 Å². The molecular weight excluding hydrogens is 438 g/mol. The Hall–Kier alpha value is -4.66. The SMILES string of the molecule is CCOc1ccc(Oc2ccc(NC(=O)Cn3nc(C(=O)O)c4ccccc4c3=O)cc2)cc1. The van der Waals surface area contributed by atoms with Gasteiger partial charge in [0.05, 0.1) is 12.0 Å². The molecule has 2 N–H and O–H groups in total. The van der Waals surface area contributed by atoms with E-state index in [1.165, 1.54) is 12.1 Å². The van der Waals surface area contributed by atoms with Gasteiger partial charge < -0.3 is 19.9 Å². The van der Waals surface area contributed by atoms with Gasteiger partial charge >= 0.3 is 5.97 Å². The topological polar surface area (TPSA) is 120 Å². The van der Waals surface area contributed by atoms with E-state index >= 15 is 0 Å². The number of hydrogen-bond donors (Lipinski definition) is 2. The highest BCUT2D eigenvalue weighted by atomic mass is 16.5. The van der Waals surface area contributed by atoms with E-state index in [0.29, 0.717) is 23.8 Å². The van der Waals surface area contributed by atoms with Crippen LogP contribution in [0.2, 0.25) is 0 Å². The summed E-state index contributed by atoms with van der Waals surface area (Å²) in [6, 6.07) is 20.1. The van der Waals surface area contributed by atoms with E-state index in [-0.39, 0.29) is 16.5 Å². The summed E-state index contributed by atoms with van der Waals surface area (Å²) >= 11 is 0. The first-order chi connectivity index (χ1) is 16.4. The first-order valence-corrected chi connectivity index (χ1v) is 10.5. The lowest BCUT2D eigenvalue weighted by molar-refractivity contribution is -0.117. The molecule has 1 aromatic heterocycles. The van der Waals surface area contributed by atoms with Crippen molar-refractivity contribution in [3.8, 4) is 17.2 Å². The van der Waals surface area contributed by atoms with Crippen LogP contribution in [0.1, 0.15) is 17.4 Å². The lowest BCUT2D eigenvalue weighted by atomic mass is 10.1. The van der Waals surface area contributed by atoms with Crippen molar-refractivity contribution >= 4 is 28.3 Å². The van der Waals surface area contributed by atoms with Gasteiger partial charge in [-0.15, -0.1) is 0 Å². The number of amides is 1. The minimum absolute atomic E-state index is 0.179. The molecule has 0 saturated heterocycles. The summed E-state index contributed by atoms with van der Waals surface area (Å²) in [5, 5.41) is 16.4. The summed E-state index contributed by atoms with van der Waals surface area (Å²) in [4.78, 5) is 36.7. The second kappa shape index (κ2) is 9.86. The van der Waals surface area contributed by atoms with Gasteiger partial charge in [0, 0.05) is 11.1 Å². The molecule has 0 unspecified atom stereocenters. The number of nitrogens with zero attached hydrogens (tertiary/aromatic N) is 2. The largest absolute Gasteiger partial charge is 0.494 e. The molecule has 0 fully saturated rings. The van der Waals surface area contributed by atoms with Crippen molar-refractivity contribution in [1.29, 1.82) is 0 Å². The van der Waals surface area contributed by atoms with Crippen LogP contribution < -0.4 is 20.3 Å². The van der Waals surface area contributed by atoms with Gasteiger partial charge in [-0.05, 0) is 61.5 Å². The van der Waals surface area contributed by atoms with Crippen molar-refractivity contribution < 1.29 is 24.2 Å². The number of carboxylic acids is 1. The molecule has 1 heterocycles. The Bertz CT molecular complexity index is 1400. The van der Waals surface area contributed by atoms with E-state index in [1.807, 2.05) is 19.1 Å². The molecule has 0 aliphatic heterocycles. The lowest BCUT2D eigenvalue weighted by Gasteiger charge is -2.10. The summed E-state index contributed by atoms with van der Waals surface area (Å²) in [5.41, 5.74) is -0.356. The van der Waals surface area contributed by atoms with Crippen LogP contribution in [0, 0.1) is 0 Å². The molecule has 4 rings (SSSR count). The van der Waals surface area contributed by atoms with Gasteiger partial charge in [-0.1, -0.05) is 18.2 Å². The molecule has 0 atom stereocenters. The zero-order valence-corrected chi connectivity index (χ0v) is 18.2. The van der Waals surface area contributed by atoms with Gasteiger partial charge in [-0.3, -0.25) is 9.59 Å². The van der Waals surface area contributed by atoms with Crippen LogP contribution in [0.25, 0.3) is 10.8 Å². The van der Waals surface area contributed by atoms with Crippen LogP contribution in [0.15, 0.2) is 77.6 Å². The molecule has 3 aromatic carbocycles. The Morgan fingerprint density at radius 2 is 1.50 bits per heavy atom. The second-order valence-electron chi connectivity index (χ2n) is 7.24. The number of benzene rings is 3. The van der Waals surface area contributed by atoms with Gasteiger partial charge in [0.2, 0.25) is 5.91 Å². The van der Waals surface area contributed by atoms with E-state index in [2.05, 4.69) is 10.4 Å². The molecule has 34 heavy (non-hydrogen) atoms. The van der Waals surface area contributed by atoms with Gasteiger partial charge in [0.15, 0.2) is 5.69 Å². The molecule has 4 aromatic rings. The number of carboxylic acid groups (broad SMARTS) is 1. The number of rotatable bonds is 8. The van der Waals surface area contributed by atoms with Crippen LogP contribution in [-0.2, 0) is 11.3 Å². The van der Waals surface area contributed by atoms with Crippen LogP contribution in [-0.4, -0.2) is 33.4 Å². The summed E-state index contributed by atoms with van der Waals surface area (Å²) < 4.78 is 12.0. The lowest BCUT2D eigenvalue weighted by Crippen LogP contribution is -2.31. The van der Waals surface area contributed by atoms with Crippen molar-refractivity contribution in [3.63, 3.8) is 0 Å². The van der Waals surface area contributed by atoms with Crippen LogP contribution in [0.5, 0.6) is 17.2 Å². The van der Waals surface area contributed by atoms with Crippen molar-refractivity contribution in [1.82, 2.24) is 9.78 Å². The number of fused-ring (bicyclic) bond motifs is 1. The Kier molecular flexibility index (Phi) is 6.54. The molecule has 0 aliphatic carbocycles.